The third-order valence-electron chi connectivity index (χ3n) is 3.22. The van der Waals surface area contributed by atoms with E-state index in [0.29, 0.717) is 0 Å². The van der Waals surface area contributed by atoms with Crippen LogP contribution < -0.4 is 10.6 Å². The van der Waals surface area contributed by atoms with Crippen LogP contribution >= 0.6 is 0 Å². The van der Waals surface area contributed by atoms with Crippen LogP contribution in [0.15, 0.2) is 24.3 Å². The number of rotatable bonds is 7. The summed E-state index contributed by atoms with van der Waals surface area (Å²) in [7, 11) is 1.76. The first-order valence-electron chi connectivity index (χ1n) is 6.39. The van der Waals surface area contributed by atoms with E-state index in [1.54, 1.807) is 7.11 Å². The number of benzene rings is 1. The van der Waals surface area contributed by atoms with Crippen LogP contribution in [0.4, 0.5) is 5.69 Å². The van der Waals surface area contributed by atoms with Crippen molar-refractivity contribution in [1.29, 1.82) is 0 Å². The molecule has 0 amide bonds. The highest BCUT2D eigenvalue weighted by Gasteiger charge is 2.28. The lowest BCUT2D eigenvalue weighted by Gasteiger charge is -2.24. The van der Waals surface area contributed by atoms with Crippen molar-refractivity contribution in [3.8, 4) is 0 Å². The third-order valence-corrected chi connectivity index (χ3v) is 3.22. The van der Waals surface area contributed by atoms with Gasteiger partial charge in [-0.05, 0) is 43.5 Å². The first kappa shape index (κ1) is 12.4. The van der Waals surface area contributed by atoms with E-state index >= 15 is 0 Å². The smallest absolute Gasteiger partial charge is 0.0637 e. The molecule has 0 spiro atoms. The number of hydrogen-bond acceptors (Lipinski definition) is 3. The maximum Gasteiger partial charge on any atom is 0.0637 e. The van der Waals surface area contributed by atoms with E-state index in [1.807, 2.05) is 0 Å². The van der Waals surface area contributed by atoms with E-state index in [4.69, 9.17) is 10.5 Å². The summed E-state index contributed by atoms with van der Waals surface area (Å²) in [5, 5.41) is 0. The normalized spacial score (nSPS) is 14.9. The molecule has 0 aromatic heterocycles. The zero-order valence-corrected chi connectivity index (χ0v) is 10.6. The Balaban J connectivity index is 2.01. The molecule has 0 heterocycles. The summed E-state index contributed by atoms with van der Waals surface area (Å²) >= 11 is 0. The van der Waals surface area contributed by atoms with E-state index in [9.17, 15) is 0 Å². The number of hydrogen-bond donors (Lipinski definition) is 1. The summed E-state index contributed by atoms with van der Waals surface area (Å²) in [5.41, 5.74) is 8.18. The first-order valence-corrected chi connectivity index (χ1v) is 6.39. The Kier molecular flexibility index (Phi) is 4.40. The molecule has 1 saturated carbocycles. The summed E-state index contributed by atoms with van der Waals surface area (Å²) in [6.45, 7) is 2.49. The van der Waals surface area contributed by atoms with Crippen LogP contribution in [0, 0.1) is 0 Å². The molecule has 0 unspecified atom stereocenters. The molecule has 3 nitrogen and oxygen atoms in total. The number of methoxy groups -OCH3 is 1. The average molecular weight is 234 g/mol. The molecule has 1 aromatic carbocycles. The Labute approximate surface area is 104 Å². The minimum absolute atomic E-state index is 0.718. The zero-order valence-electron chi connectivity index (χ0n) is 10.6. The van der Waals surface area contributed by atoms with Gasteiger partial charge >= 0.3 is 0 Å². The number of nitrogens with two attached hydrogens (primary N) is 1. The van der Waals surface area contributed by atoms with Crippen LogP contribution in [0.5, 0.6) is 0 Å². The van der Waals surface area contributed by atoms with Crippen molar-refractivity contribution in [3.05, 3.63) is 29.8 Å². The maximum absolute atomic E-state index is 5.56. The minimum atomic E-state index is 0.718. The Hall–Kier alpha value is -1.06. The lowest BCUT2D eigenvalue weighted by molar-refractivity contribution is 0.205. The van der Waals surface area contributed by atoms with Crippen LogP contribution in [-0.2, 0) is 11.2 Å². The van der Waals surface area contributed by atoms with Gasteiger partial charge in [0.1, 0.15) is 0 Å². The SMILES string of the molecule is COCCN(c1ccc(CCN)cc1)C1CC1. The van der Waals surface area contributed by atoms with Crippen LogP contribution in [0.3, 0.4) is 0 Å². The molecule has 1 fully saturated rings. The fourth-order valence-corrected chi connectivity index (χ4v) is 2.12. The van der Waals surface area contributed by atoms with Crippen molar-refractivity contribution in [2.75, 3.05) is 31.7 Å². The van der Waals surface area contributed by atoms with E-state index in [-0.39, 0.29) is 0 Å². The Morgan fingerprint density at radius 2 is 2.00 bits per heavy atom. The molecule has 94 valence electrons. The predicted molar refractivity (Wildman–Crippen MR) is 71.4 cm³/mol. The highest BCUT2D eigenvalue weighted by molar-refractivity contribution is 5.49. The summed E-state index contributed by atoms with van der Waals surface area (Å²) in [6.07, 6.45) is 3.59. The monoisotopic (exact) mass is 234 g/mol. The topological polar surface area (TPSA) is 38.5 Å². The summed E-state index contributed by atoms with van der Waals surface area (Å²) in [4.78, 5) is 2.45. The highest BCUT2D eigenvalue weighted by Crippen LogP contribution is 2.31. The Morgan fingerprint density at radius 3 is 2.53 bits per heavy atom. The molecule has 1 aromatic rings. The van der Waals surface area contributed by atoms with Gasteiger partial charge in [0, 0.05) is 25.4 Å². The van der Waals surface area contributed by atoms with Gasteiger partial charge in [-0.1, -0.05) is 12.1 Å². The van der Waals surface area contributed by atoms with Gasteiger partial charge in [-0.2, -0.15) is 0 Å². The summed E-state index contributed by atoms with van der Waals surface area (Å²) in [6, 6.07) is 9.51. The van der Waals surface area contributed by atoms with Crippen molar-refractivity contribution < 1.29 is 4.74 Å². The molecule has 0 saturated heterocycles. The van der Waals surface area contributed by atoms with Crippen molar-refractivity contribution in [2.45, 2.75) is 25.3 Å². The molecule has 1 aliphatic carbocycles. The van der Waals surface area contributed by atoms with E-state index < -0.39 is 0 Å². The summed E-state index contributed by atoms with van der Waals surface area (Å²) in [5.74, 6) is 0. The van der Waals surface area contributed by atoms with Crippen LogP contribution in [0.2, 0.25) is 0 Å². The molecule has 0 aliphatic heterocycles. The van der Waals surface area contributed by atoms with Crippen molar-refractivity contribution in [2.24, 2.45) is 5.73 Å². The van der Waals surface area contributed by atoms with Crippen molar-refractivity contribution >= 4 is 5.69 Å². The van der Waals surface area contributed by atoms with Gasteiger partial charge < -0.3 is 15.4 Å². The molecule has 2 N–H and O–H groups in total. The van der Waals surface area contributed by atoms with Gasteiger partial charge in [0.05, 0.1) is 6.61 Å². The largest absolute Gasteiger partial charge is 0.383 e. The lowest BCUT2D eigenvalue weighted by Crippen LogP contribution is -2.29. The van der Waals surface area contributed by atoms with E-state index in [1.165, 1.54) is 24.1 Å². The molecule has 0 atom stereocenters. The minimum Gasteiger partial charge on any atom is -0.383 e. The number of anilines is 1. The Bertz CT molecular complexity index is 333. The van der Waals surface area contributed by atoms with E-state index in [2.05, 4.69) is 29.2 Å². The van der Waals surface area contributed by atoms with Gasteiger partial charge in [0.2, 0.25) is 0 Å². The van der Waals surface area contributed by atoms with Gasteiger partial charge in [0.25, 0.3) is 0 Å². The second-order valence-corrected chi connectivity index (χ2v) is 4.62. The summed E-state index contributed by atoms with van der Waals surface area (Å²) < 4.78 is 5.18. The fourth-order valence-electron chi connectivity index (χ4n) is 2.12. The molecular weight excluding hydrogens is 212 g/mol. The maximum atomic E-state index is 5.56. The van der Waals surface area contributed by atoms with Crippen molar-refractivity contribution in [1.82, 2.24) is 0 Å². The van der Waals surface area contributed by atoms with Crippen LogP contribution in [-0.4, -0.2) is 32.8 Å². The van der Waals surface area contributed by atoms with Crippen molar-refractivity contribution in [3.63, 3.8) is 0 Å². The van der Waals surface area contributed by atoms with Gasteiger partial charge in [0.15, 0.2) is 0 Å². The molecule has 1 aliphatic rings. The zero-order chi connectivity index (χ0) is 12.1. The average Bonchev–Trinajstić information content (AvgIpc) is 3.16. The molecule has 17 heavy (non-hydrogen) atoms. The Morgan fingerprint density at radius 1 is 1.29 bits per heavy atom. The second kappa shape index (κ2) is 6.03. The van der Waals surface area contributed by atoms with Crippen LogP contribution in [0.25, 0.3) is 0 Å². The molecule has 0 bridgehead atoms. The van der Waals surface area contributed by atoms with Gasteiger partial charge in [-0.3, -0.25) is 0 Å². The number of ether oxygens (including phenoxy) is 1. The van der Waals surface area contributed by atoms with Gasteiger partial charge in [-0.15, -0.1) is 0 Å². The third kappa shape index (κ3) is 3.45. The fraction of sp³-hybridized carbons (Fsp3) is 0.571. The van der Waals surface area contributed by atoms with Gasteiger partial charge in [-0.25, -0.2) is 0 Å². The van der Waals surface area contributed by atoms with Crippen LogP contribution in [0.1, 0.15) is 18.4 Å². The molecular formula is C14H22N2O. The number of nitrogens with zero attached hydrogens (tertiary/aromatic N) is 1. The second-order valence-electron chi connectivity index (χ2n) is 4.62. The predicted octanol–water partition coefficient (Wildman–Crippen LogP) is 1.80. The molecule has 2 rings (SSSR count). The first-order chi connectivity index (χ1) is 8.35. The lowest BCUT2D eigenvalue weighted by atomic mass is 10.1. The highest BCUT2D eigenvalue weighted by atomic mass is 16.5. The standard InChI is InChI=1S/C14H22N2O/c1-17-11-10-16(14-6-7-14)13-4-2-12(3-5-13)8-9-15/h2-5,14H,6-11,15H2,1H3. The molecule has 3 heteroatoms. The quantitative estimate of drug-likeness (QED) is 0.782. The van der Waals surface area contributed by atoms with E-state index in [0.717, 1.165) is 32.2 Å². The molecule has 0 radical (unpaired) electrons.